The van der Waals surface area contributed by atoms with Gasteiger partial charge in [-0.25, -0.2) is 4.98 Å². The molecule has 2 heterocycles. The Hall–Kier alpha value is -3.30. The summed E-state index contributed by atoms with van der Waals surface area (Å²) in [5.41, 5.74) is 1.37. The van der Waals surface area contributed by atoms with E-state index in [0.29, 0.717) is 16.5 Å². The first-order chi connectivity index (χ1) is 13.5. The third kappa shape index (κ3) is 4.70. The number of nitro benzene ring substituents is 1. The average Bonchev–Trinajstić information content (AvgIpc) is 2.68. The molecule has 2 aromatic heterocycles. The molecule has 3 aromatic rings. The van der Waals surface area contributed by atoms with Crippen LogP contribution in [0, 0.1) is 10.1 Å². The van der Waals surface area contributed by atoms with Crippen molar-refractivity contribution in [3.63, 3.8) is 0 Å². The molecule has 0 spiro atoms. The summed E-state index contributed by atoms with van der Waals surface area (Å²) in [7, 11) is 0. The van der Waals surface area contributed by atoms with Crippen LogP contribution in [-0.4, -0.2) is 37.6 Å². The molecule has 1 aromatic carbocycles. The quantitative estimate of drug-likeness (QED) is 0.405. The first-order valence-corrected chi connectivity index (χ1v) is 8.72. The van der Waals surface area contributed by atoms with Crippen molar-refractivity contribution in [1.29, 1.82) is 0 Å². The van der Waals surface area contributed by atoms with Crippen molar-refractivity contribution in [2.45, 2.75) is 13.0 Å². The maximum Gasteiger partial charge on any atom is 0.292 e. The van der Waals surface area contributed by atoms with E-state index in [-0.39, 0.29) is 30.0 Å². The fourth-order valence-electron chi connectivity index (χ4n) is 2.41. The number of halogens is 1. The number of aliphatic hydroxyl groups excluding tert-OH is 1. The van der Waals surface area contributed by atoms with E-state index in [1.807, 2.05) is 6.07 Å². The topological polar surface area (TPSA) is 126 Å². The third-order valence-electron chi connectivity index (χ3n) is 3.75. The number of nitrogens with zero attached hydrogens (tertiary/aromatic N) is 4. The lowest BCUT2D eigenvalue weighted by Crippen LogP contribution is -2.21. The summed E-state index contributed by atoms with van der Waals surface area (Å²) in [5.74, 6) is 0.585. The Morgan fingerprint density at radius 2 is 2.11 bits per heavy atom. The van der Waals surface area contributed by atoms with Crippen molar-refractivity contribution in [2.24, 2.45) is 0 Å². The number of nitrogens with one attached hydrogen (secondary N) is 2. The van der Waals surface area contributed by atoms with Gasteiger partial charge >= 0.3 is 0 Å². The van der Waals surface area contributed by atoms with Crippen molar-refractivity contribution in [1.82, 2.24) is 15.0 Å². The predicted octanol–water partition coefficient (Wildman–Crippen LogP) is 3.64. The van der Waals surface area contributed by atoms with Crippen LogP contribution in [0.1, 0.15) is 6.92 Å². The SMILES string of the molecule is C[C@@H](CO)Nc1nc(Nc2cc(Cl)ccc2[N+](=O)[O-])cc(-c2cccnc2)n1. The molecule has 3 rings (SSSR count). The van der Waals surface area contributed by atoms with Gasteiger partial charge in [0.2, 0.25) is 5.95 Å². The third-order valence-corrected chi connectivity index (χ3v) is 3.99. The van der Waals surface area contributed by atoms with Crippen molar-refractivity contribution >= 4 is 34.7 Å². The molecule has 0 radical (unpaired) electrons. The minimum atomic E-state index is -0.505. The molecule has 9 nitrogen and oxygen atoms in total. The Kier molecular flexibility index (Phi) is 5.97. The molecule has 0 aliphatic rings. The number of hydrogen-bond donors (Lipinski definition) is 3. The second-order valence-corrected chi connectivity index (χ2v) is 6.41. The number of pyridine rings is 1. The van der Waals surface area contributed by atoms with Crippen molar-refractivity contribution in [3.05, 3.63) is 63.9 Å². The van der Waals surface area contributed by atoms with Crippen molar-refractivity contribution in [2.75, 3.05) is 17.2 Å². The van der Waals surface area contributed by atoms with E-state index in [2.05, 4.69) is 25.6 Å². The summed E-state index contributed by atoms with van der Waals surface area (Å²) in [6.45, 7) is 1.66. The molecule has 0 fully saturated rings. The normalized spacial score (nSPS) is 11.7. The Morgan fingerprint density at radius 3 is 2.79 bits per heavy atom. The van der Waals surface area contributed by atoms with Crippen molar-refractivity contribution < 1.29 is 10.0 Å². The van der Waals surface area contributed by atoms with E-state index in [1.54, 1.807) is 31.5 Å². The molecule has 0 bridgehead atoms. The summed E-state index contributed by atoms with van der Waals surface area (Å²) in [6, 6.07) is 9.20. The van der Waals surface area contributed by atoms with E-state index in [9.17, 15) is 15.2 Å². The first kappa shape index (κ1) is 19.5. The Labute approximate surface area is 165 Å². The van der Waals surface area contributed by atoms with E-state index in [0.717, 1.165) is 5.56 Å². The average molecular weight is 401 g/mol. The number of hydrogen-bond acceptors (Lipinski definition) is 8. The van der Waals surface area contributed by atoms with Crippen LogP contribution in [0.5, 0.6) is 0 Å². The summed E-state index contributed by atoms with van der Waals surface area (Å²) in [6.07, 6.45) is 3.29. The summed E-state index contributed by atoms with van der Waals surface area (Å²) in [5, 5.41) is 26.9. The van der Waals surface area contributed by atoms with Crippen LogP contribution in [-0.2, 0) is 0 Å². The lowest BCUT2D eigenvalue weighted by molar-refractivity contribution is -0.383. The smallest absolute Gasteiger partial charge is 0.292 e. The Bertz CT molecular complexity index is 986. The predicted molar refractivity (Wildman–Crippen MR) is 107 cm³/mol. The Balaban J connectivity index is 2.04. The molecule has 0 aliphatic heterocycles. The minimum Gasteiger partial charge on any atom is -0.394 e. The van der Waals surface area contributed by atoms with Crippen LogP contribution in [0.3, 0.4) is 0 Å². The lowest BCUT2D eigenvalue weighted by Gasteiger charge is -2.14. The molecule has 10 heteroatoms. The van der Waals surface area contributed by atoms with Crippen LogP contribution in [0.2, 0.25) is 5.02 Å². The second-order valence-electron chi connectivity index (χ2n) is 5.98. The zero-order chi connectivity index (χ0) is 20.1. The van der Waals surface area contributed by atoms with Gasteiger partial charge in [-0.15, -0.1) is 0 Å². The molecule has 0 unspecified atom stereocenters. The molecule has 0 saturated carbocycles. The van der Waals surface area contributed by atoms with Crippen LogP contribution in [0.4, 0.5) is 23.1 Å². The van der Waals surface area contributed by atoms with E-state index >= 15 is 0 Å². The summed E-state index contributed by atoms with van der Waals surface area (Å²) in [4.78, 5) is 23.7. The number of nitro groups is 1. The van der Waals surface area contributed by atoms with Gasteiger partial charge < -0.3 is 15.7 Å². The van der Waals surface area contributed by atoms with Gasteiger partial charge in [-0.3, -0.25) is 15.1 Å². The van der Waals surface area contributed by atoms with E-state index < -0.39 is 4.92 Å². The monoisotopic (exact) mass is 400 g/mol. The summed E-state index contributed by atoms with van der Waals surface area (Å²) < 4.78 is 0. The molecule has 0 saturated heterocycles. The highest BCUT2D eigenvalue weighted by Crippen LogP contribution is 2.31. The lowest BCUT2D eigenvalue weighted by atomic mass is 10.2. The molecule has 1 atom stereocenters. The fraction of sp³-hybridized carbons (Fsp3) is 0.167. The highest BCUT2D eigenvalue weighted by Gasteiger charge is 2.16. The van der Waals surface area contributed by atoms with Gasteiger partial charge in [-0.05, 0) is 31.2 Å². The highest BCUT2D eigenvalue weighted by molar-refractivity contribution is 6.31. The van der Waals surface area contributed by atoms with Crippen LogP contribution >= 0.6 is 11.6 Å². The number of aromatic nitrogens is 3. The van der Waals surface area contributed by atoms with Gasteiger partial charge in [0.25, 0.3) is 5.69 Å². The number of anilines is 3. The van der Waals surface area contributed by atoms with Crippen molar-refractivity contribution in [3.8, 4) is 11.3 Å². The van der Waals surface area contributed by atoms with Gasteiger partial charge in [-0.2, -0.15) is 4.98 Å². The molecule has 0 aliphatic carbocycles. The summed E-state index contributed by atoms with van der Waals surface area (Å²) >= 11 is 5.99. The minimum absolute atomic E-state index is 0.108. The van der Waals surface area contributed by atoms with Gasteiger partial charge in [0, 0.05) is 41.2 Å². The Morgan fingerprint density at radius 1 is 1.29 bits per heavy atom. The zero-order valence-corrected chi connectivity index (χ0v) is 15.6. The van der Waals surface area contributed by atoms with Gasteiger partial charge in [-0.1, -0.05) is 11.6 Å². The highest BCUT2D eigenvalue weighted by atomic mass is 35.5. The van der Waals surface area contributed by atoms with Gasteiger partial charge in [0.15, 0.2) is 0 Å². The van der Waals surface area contributed by atoms with E-state index in [4.69, 9.17) is 11.6 Å². The largest absolute Gasteiger partial charge is 0.394 e. The van der Waals surface area contributed by atoms with Gasteiger partial charge in [0.05, 0.1) is 17.2 Å². The molecule has 0 amide bonds. The fourth-order valence-corrected chi connectivity index (χ4v) is 2.58. The number of benzene rings is 1. The van der Waals surface area contributed by atoms with Crippen LogP contribution in [0.15, 0.2) is 48.8 Å². The molecule has 3 N–H and O–H groups in total. The first-order valence-electron chi connectivity index (χ1n) is 8.34. The maximum absolute atomic E-state index is 11.3. The number of rotatable bonds is 7. The standard InChI is InChI=1S/C18H17ClN6O3/c1-11(10-26)21-18-23-14(12-3-2-6-20-9-12)8-17(24-18)22-15-7-13(19)4-5-16(15)25(27)28/h2-9,11,26H,10H2,1H3,(H2,21,22,23,24)/t11-/m0/s1. The molecular formula is C18H17ClN6O3. The molecular weight excluding hydrogens is 384 g/mol. The van der Waals surface area contributed by atoms with Gasteiger partial charge in [0.1, 0.15) is 11.5 Å². The second kappa shape index (κ2) is 8.59. The van der Waals surface area contributed by atoms with Crippen LogP contribution < -0.4 is 10.6 Å². The maximum atomic E-state index is 11.3. The zero-order valence-electron chi connectivity index (χ0n) is 14.8. The number of aliphatic hydroxyl groups is 1. The molecule has 144 valence electrons. The van der Waals surface area contributed by atoms with E-state index in [1.165, 1.54) is 18.2 Å². The molecule has 28 heavy (non-hydrogen) atoms. The van der Waals surface area contributed by atoms with Crippen LogP contribution in [0.25, 0.3) is 11.3 Å².